The smallest absolute Gasteiger partial charge is 0.326 e. The maximum absolute atomic E-state index is 13.2. The number of carboxylic acid groups (broad SMARTS) is 1. The predicted molar refractivity (Wildman–Crippen MR) is 128 cm³/mol. The van der Waals surface area contributed by atoms with E-state index in [0.717, 1.165) is 0 Å². The van der Waals surface area contributed by atoms with Gasteiger partial charge < -0.3 is 36.3 Å². The number of amides is 3. The maximum atomic E-state index is 13.2. The number of nitrogens with zero attached hydrogens (tertiary/aromatic N) is 3. The van der Waals surface area contributed by atoms with Crippen LogP contribution in [0.5, 0.6) is 0 Å². The second kappa shape index (κ2) is 12.3. The van der Waals surface area contributed by atoms with Gasteiger partial charge in [0.05, 0.1) is 18.7 Å². The van der Waals surface area contributed by atoms with Gasteiger partial charge in [0, 0.05) is 43.2 Å². The van der Waals surface area contributed by atoms with Crippen molar-refractivity contribution in [1.29, 1.82) is 0 Å². The lowest BCUT2D eigenvalue weighted by Gasteiger charge is -2.29. The summed E-state index contributed by atoms with van der Waals surface area (Å²) in [4.78, 5) is 65.9. The van der Waals surface area contributed by atoms with Gasteiger partial charge in [0.25, 0.3) is 0 Å². The average Bonchev–Trinajstić information content (AvgIpc) is 3.59. The molecule has 36 heavy (non-hydrogen) atoms. The van der Waals surface area contributed by atoms with E-state index in [1.54, 1.807) is 6.20 Å². The molecule has 196 valence electrons. The molecule has 0 radical (unpaired) electrons. The molecule has 1 saturated heterocycles. The molecule has 3 amide bonds. The minimum absolute atomic E-state index is 0.0164. The summed E-state index contributed by atoms with van der Waals surface area (Å²) in [5, 5.41) is 14.9. The number of hydrogen-bond donors (Lipinski definition) is 6. The zero-order chi connectivity index (χ0) is 26.2. The van der Waals surface area contributed by atoms with Gasteiger partial charge >= 0.3 is 5.97 Å². The number of likely N-dealkylation sites (tertiary alicyclic amines) is 1. The van der Waals surface area contributed by atoms with Crippen LogP contribution in [0.25, 0.3) is 0 Å². The lowest BCUT2D eigenvalue weighted by Crippen LogP contribution is -2.57. The quantitative estimate of drug-likeness (QED) is 0.219. The minimum Gasteiger partial charge on any atom is -0.480 e. The molecule has 2 aromatic heterocycles. The summed E-state index contributed by atoms with van der Waals surface area (Å²) in [6, 6.07) is -3.76. The third-order valence-corrected chi connectivity index (χ3v) is 6.08. The Balaban J connectivity index is 1.65. The van der Waals surface area contributed by atoms with E-state index in [0.29, 0.717) is 37.2 Å². The van der Waals surface area contributed by atoms with Crippen LogP contribution in [0, 0.1) is 5.92 Å². The predicted octanol–water partition coefficient (Wildman–Crippen LogP) is -0.663. The van der Waals surface area contributed by atoms with Crippen molar-refractivity contribution in [3.8, 4) is 0 Å². The molecule has 4 unspecified atom stereocenters. The molecule has 13 heteroatoms. The van der Waals surface area contributed by atoms with Crippen molar-refractivity contribution < 1.29 is 24.3 Å². The first-order valence-electron chi connectivity index (χ1n) is 12.0. The maximum Gasteiger partial charge on any atom is 0.326 e. The van der Waals surface area contributed by atoms with Gasteiger partial charge in [-0.05, 0) is 25.2 Å². The average molecular weight is 503 g/mol. The summed E-state index contributed by atoms with van der Waals surface area (Å²) >= 11 is 0. The van der Waals surface area contributed by atoms with Crippen LogP contribution in [0.2, 0.25) is 0 Å². The topological polar surface area (TPSA) is 199 Å². The minimum atomic E-state index is -1.20. The second-order valence-corrected chi connectivity index (χ2v) is 9.45. The first-order chi connectivity index (χ1) is 17.2. The van der Waals surface area contributed by atoms with Crippen LogP contribution in [0.4, 0.5) is 0 Å². The van der Waals surface area contributed by atoms with Gasteiger partial charge in [-0.3, -0.25) is 14.4 Å². The van der Waals surface area contributed by atoms with Gasteiger partial charge in [-0.25, -0.2) is 14.8 Å². The van der Waals surface area contributed by atoms with Gasteiger partial charge in [0.2, 0.25) is 17.7 Å². The molecule has 3 rings (SSSR count). The number of rotatable bonds is 12. The summed E-state index contributed by atoms with van der Waals surface area (Å²) in [7, 11) is 0. The number of nitrogens with one attached hydrogen (secondary N) is 4. The summed E-state index contributed by atoms with van der Waals surface area (Å²) in [6.45, 7) is 4.18. The van der Waals surface area contributed by atoms with Gasteiger partial charge in [0.15, 0.2) is 0 Å². The Bertz CT molecular complexity index is 1020. The highest BCUT2D eigenvalue weighted by Crippen LogP contribution is 2.20. The second-order valence-electron chi connectivity index (χ2n) is 9.45. The molecule has 0 bridgehead atoms. The number of carbonyl (C=O) groups excluding carboxylic acids is 3. The summed E-state index contributed by atoms with van der Waals surface area (Å²) in [6.07, 6.45) is 7.65. The van der Waals surface area contributed by atoms with E-state index < -0.39 is 42.0 Å². The molecule has 0 saturated carbocycles. The highest BCUT2D eigenvalue weighted by molar-refractivity contribution is 5.94. The number of aliphatic carboxylic acids is 1. The standard InChI is InChI=1S/C23H34N8O5/c1-13(2)6-17(20(32)30-18(23(35)36)8-15-10-26-12-28-15)29-21(33)19-4-3-5-31(19)22(34)16(24)7-14-9-25-11-27-14/h9-13,16-19H,3-8,24H2,1-2H3,(H,25,27)(H,26,28)(H,29,33)(H,30,32)(H,35,36). The molecule has 2 aromatic rings. The molecule has 7 N–H and O–H groups in total. The Morgan fingerprint density at radius 3 is 2.28 bits per heavy atom. The number of hydrogen-bond acceptors (Lipinski definition) is 7. The fraction of sp³-hybridized carbons (Fsp3) is 0.565. The Labute approximate surface area is 208 Å². The van der Waals surface area contributed by atoms with Crippen LogP contribution in [0.15, 0.2) is 25.0 Å². The fourth-order valence-corrected chi connectivity index (χ4v) is 4.30. The number of imidazole rings is 2. The van der Waals surface area contributed by atoms with E-state index in [9.17, 15) is 24.3 Å². The first-order valence-corrected chi connectivity index (χ1v) is 12.0. The molecular weight excluding hydrogens is 468 g/mol. The van der Waals surface area contributed by atoms with Crippen LogP contribution < -0.4 is 16.4 Å². The lowest BCUT2D eigenvalue weighted by atomic mass is 10.0. The largest absolute Gasteiger partial charge is 0.480 e. The van der Waals surface area contributed by atoms with Crippen LogP contribution in [-0.2, 0) is 32.0 Å². The molecular formula is C23H34N8O5. The number of carbonyl (C=O) groups is 4. The zero-order valence-electron chi connectivity index (χ0n) is 20.4. The first kappa shape index (κ1) is 26.9. The molecule has 1 fully saturated rings. The van der Waals surface area contributed by atoms with E-state index in [1.807, 2.05) is 13.8 Å². The monoisotopic (exact) mass is 502 g/mol. The van der Waals surface area contributed by atoms with Crippen LogP contribution in [-0.4, -0.2) is 84.3 Å². The van der Waals surface area contributed by atoms with Gasteiger partial charge in [0.1, 0.15) is 18.1 Å². The molecule has 1 aliphatic heterocycles. The molecule has 0 spiro atoms. The van der Waals surface area contributed by atoms with E-state index in [1.165, 1.54) is 23.8 Å². The Morgan fingerprint density at radius 2 is 1.72 bits per heavy atom. The van der Waals surface area contributed by atoms with Gasteiger partial charge in [-0.15, -0.1) is 0 Å². The van der Waals surface area contributed by atoms with Crippen molar-refractivity contribution in [1.82, 2.24) is 35.5 Å². The molecule has 3 heterocycles. The Hall–Kier alpha value is -3.74. The normalized spacial score (nSPS) is 18.0. The third kappa shape index (κ3) is 7.13. The van der Waals surface area contributed by atoms with Crippen LogP contribution in [0.1, 0.15) is 44.5 Å². The third-order valence-electron chi connectivity index (χ3n) is 6.08. The van der Waals surface area contributed by atoms with Crippen molar-refractivity contribution in [3.05, 3.63) is 36.4 Å². The van der Waals surface area contributed by atoms with Gasteiger partial charge in [-0.1, -0.05) is 13.8 Å². The van der Waals surface area contributed by atoms with Crippen molar-refractivity contribution in [2.45, 2.75) is 70.1 Å². The summed E-state index contributed by atoms with van der Waals surface area (Å²) < 4.78 is 0. The van der Waals surface area contributed by atoms with E-state index in [-0.39, 0.29) is 24.7 Å². The van der Waals surface area contributed by atoms with Crippen LogP contribution >= 0.6 is 0 Å². The number of nitrogens with two attached hydrogens (primary N) is 1. The lowest BCUT2D eigenvalue weighted by molar-refractivity contribution is -0.143. The zero-order valence-corrected chi connectivity index (χ0v) is 20.4. The Morgan fingerprint density at radius 1 is 1.08 bits per heavy atom. The van der Waals surface area contributed by atoms with Crippen molar-refractivity contribution >= 4 is 23.7 Å². The van der Waals surface area contributed by atoms with E-state index >= 15 is 0 Å². The number of H-pyrrole nitrogens is 2. The molecule has 0 aromatic carbocycles. The molecule has 0 aliphatic carbocycles. The van der Waals surface area contributed by atoms with Crippen molar-refractivity contribution in [2.24, 2.45) is 11.7 Å². The van der Waals surface area contributed by atoms with Crippen molar-refractivity contribution in [3.63, 3.8) is 0 Å². The van der Waals surface area contributed by atoms with E-state index in [2.05, 4.69) is 30.6 Å². The number of aromatic nitrogens is 4. The summed E-state index contributed by atoms with van der Waals surface area (Å²) in [5.74, 6) is -2.57. The highest BCUT2D eigenvalue weighted by atomic mass is 16.4. The van der Waals surface area contributed by atoms with Gasteiger partial charge in [-0.2, -0.15) is 0 Å². The van der Waals surface area contributed by atoms with Crippen LogP contribution in [0.3, 0.4) is 0 Å². The molecule has 4 atom stereocenters. The number of carboxylic acids is 1. The molecule has 1 aliphatic rings. The SMILES string of the molecule is CC(C)CC(NC(=O)C1CCCN1C(=O)C(N)Cc1cnc[nH]1)C(=O)NC(Cc1cnc[nH]1)C(=O)O. The van der Waals surface area contributed by atoms with Crippen molar-refractivity contribution in [2.75, 3.05) is 6.54 Å². The van der Waals surface area contributed by atoms with E-state index in [4.69, 9.17) is 5.73 Å². The molecule has 13 nitrogen and oxygen atoms in total. The fourth-order valence-electron chi connectivity index (χ4n) is 4.30. The number of aromatic amines is 2. The summed E-state index contributed by atoms with van der Waals surface area (Å²) in [5.41, 5.74) is 7.38. The highest BCUT2D eigenvalue weighted by Gasteiger charge is 2.38. The Kier molecular flexibility index (Phi) is 9.17.